The lowest BCUT2D eigenvalue weighted by molar-refractivity contribution is -0.116. The van der Waals surface area contributed by atoms with Gasteiger partial charge in [-0.25, -0.2) is 12.8 Å². The van der Waals surface area contributed by atoms with Gasteiger partial charge in [-0.05, 0) is 48.4 Å². The minimum absolute atomic E-state index is 0.0694. The van der Waals surface area contributed by atoms with Crippen LogP contribution in [0.25, 0.3) is 0 Å². The van der Waals surface area contributed by atoms with E-state index >= 15 is 0 Å². The molecule has 10 heteroatoms. The van der Waals surface area contributed by atoms with Crippen LogP contribution in [0.1, 0.15) is 22.3 Å². The second kappa shape index (κ2) is 8.13. The molecule has 0 spiro atoms. The maximum atomic E-state index is 14.3. The Balaban J connectivity index is 1.56. The molecular formula is C20H20FN3O5S. The molecule has 2 aromatic rings. The highest BCUT2D eigenvalue weighted by Gasteiger charge is 2.29. The number of carbonyl (C=O) groups excluding carboxylic acids is 2. The first-order valence-electron chi connectivity index (χ1n) is 9.46. The molecule has 0 radical (unpaired) electrons. The van der Waals surface area contributed by atoms with Crippen molar-refractivity contribution in [2.75, 3.05) is 36.9 Å². The number of morpholine rings is 1. The molecule has 0 unspecified atom stereocenters. The summed E-state index contributed by atoms with van der Waals surface area (Å²) in [5, 5.41) is 5.36. The fourth-order valence-electron chi connectivity index (χ4n) is 3.43. The van der Waals surface area contributed by atoms with Gasteiger partial charge < -0.3 is 15.4 Å². The van der Waals surface area contributed by atoms with Gasteiger partial charge in [0.15, 0.2) is 0 Å². The van der Waals surface area contributed by atoms with Crippen LogP contribution in [0.4, 0.5) is 15.8 Å². The Morgan fingerprint density at radius 2 is 1.87 bits per heavy atom. The quantitative estimate of drug-likeness (QED) is 0.767. The van der Waals surface area contributed by atoms with E-state index in [0.29, 0.717) is 24.1 Å². The number of anilines is 2. The first-order valence-corrected chi connectivity index (χ1v) is 10.9. The summed E-state index contributed by atoms with van der Waals surface area (Å²) in [6.07, 6.45) is 0.875. The van der Waals surface area contributed by atoms with Crippen molar-refractivity contribution in [2.24, 2.45) is 0 Å². The fraction of sp³-hybridized carbons (Fsp3) is 0.300. The van der Waals surface area contributed by atoms with E-state index in [4.69, 9.17) is 4.74 Å². The highest BCUT2D eigenvalue weighted by molar-refractivity contribution is 7.89. The zero-order valence-electron chi connectivity index (χ0n) is 16.0. The Bertz CT molecular complexity index is 1110. The van der Waals surface area contributed by atoms with E-state index in [1.54, 1.807) is 18.2 Å². The van der Waals surface area contributed by atoms with E-state index in [1.807, 2.05) is 0 Å². The standard InChI is InChI=1S/C20H20FN3O5S/c21-16-4-3-15(12-18(16)30(27,28)24-7-9-29-10-8-24)22-20(26)14-1-5-17-13(11-14)2-6-19(25)23-17/h1,3-5,11-12H,2,6-10H2,(H,22,26)(H,23,25). The number of ether oxygens (including phenoxy) is 1. The molecule has 2 N–H and O–H groups in total. The summed E-state index contributed by atoms with van der Waals surface area (Å²) in [6.45, 7) is 0.778. The normalized spacial score (nSPS) is 17.2. The first-order chi connectivity index (χ1) is 14.3. The molecule has 2 aromatic carbocycles. The summed E-state index contributed by atoms with van der Waals surface area (Å²) in [5.41, 5.74) is 2.03. The molecular weight excluding hydrogens is 413 g/mol. The lowest BCUT2D eigenvalue weighted by Gasteiger charge is -2.26. The number of benzene rings is 2. The fourth-order valence-corrected chi connectivity index (χ4v) is 4.93. The zero-order chi connectivity index (χ0) is 21.3. The summed E-state index contributed by atoms with van der Waals surface area (Å²) < 4.78 is 46.2. The van der Waals surface area contributed by atoms with Crippen molar-refractivity contribution >= 4 is 33.2 Å². The van der Waals surface area contributed by atoms with Gasteiger partial charge in [-0.15, -0.1) is 0 Å². The molecule has 2 aliphatic rings. The Morgan fingerprint density at radius 3 is 2.63 bits per heavy atom. The van der Waals surface area contributed by atoms with Crippen LogP contribution in [0, 0.1) is 5.82 Å². The average Bonchev–Trinajstić information content (AvgIpc) is 2.75. The second-order valence-corrected chi connectivity index (χ2v) is 8.94. The third-order valence-corrected chi connectivity index (χ3v) is 6.95. The first kappa shape index (κ1) is 20.5. The molecule has 30 heavy (non-hydrogen) atoms. The summed E-state index contributed by atoms with van der Waals surface area (Å²) in [5.74, 6) is -1.42. The monoisotopic (exact) mass is 433 g/mol. The van der Waals surface area contributed by atoms with E-state index in [1.165, 1.54) is 6.07 Å². The Morgan fingerprint density at radius 1 is 1.10 bits per heavy atom. The summed E-state index contributed by atoms with van der Waals surface area (Å²) in [4.78, 5) is 23.6. The molecule has 1 saturated heterocycles. The number of halogens is 1. The smallest absolute Gasteiger partial charge is 0.255 e. The third kappa shape index (κ3) is 4.07. The van der Waals surface area contributed by atoms with Crippen LogP contribution in [0.2, 0.25) is 0 Å². The highest BCUT2D eigenvalue weighted by atomic mass is 32.2. The van der Waals surface area contributed by atoms with Gasteiger partial charge in [0.2, 0.25) is 15.9 Å². The molecule has 0 bridgehead atoms. The Hall–Kier alpha value is -2.82. The summed E-state index contributed by atoms with van der Waals surface area (Å²) in [6, 6.07) is 8.35. The summed E-state index contributed by atoms with van der Waals surface area (Å²) >= 11 is 0. The number of amides is 2. The Labute approximate surface area is 173 Å². The topological polar surface area (TPSA) is 105 Å². The number of hydrogen-bond acceptors (Lipinski definition) is 5. The van der Waals surface area contributed by atoms with Gasteiger partial charge in [-0.1, -0.05) is 0 Å². The number of carbonyl (C=O) groups is 2. The number of fused-ring (bicyclic) bond motifs is 1. The van der Waals surface area contributed by atoms with E-state index in [9.17, 15) is 22.4 Å². The number of aryl methyl sites for hydroxylation is 1. The molecule has 4 rings (SSSR count). The lowest BCUT2D eigenvalue weighted by atomic mass is 10.00. The number of sulfonamides is 1. The van der Waals surface area contributed by atoms with Crippen molar-refractivity contribution < 1.29 is 27.1 Å². The predicted octanol–water partition coefficient (Wildman–Crippen LogP) is 1.98. The number of nitrogens with zero attached hydrogens (tertiary/aromatic N) is 1. The van der Waals surface area contributed by atoms with Gasteiger partial charge in [-0.3, -0.25) is 9.59 Å². The average molecular weight is 433 g/mol. The third-order valence-electron chi connectivity index (χ3n) is 5.04. The van der Waals surface area contributed by atoms with Gasteiger partial charge in [0.05, 0.1) is 13.2 Å². The van der Waals surface area contributed by atoms with Crippen LogP contribution in [0.5, 0.6) is 0 Å². The van der Waals surface area contributed by atoms with Crippen molar-refractivity contribution in [3.05, 3.63) is 53.3 Å². The maximum Gasteiger partial charge on any atom is 0.255 e. The number of hydrogen-bond donors (Lipinski definition) is 2. The van der Waals surface area contributed by atoms with E-state index in [0.717, 1.165) is 22.0 Å². The lowest BCUT2D eigenvalue weighted by Crippen LogP contribution is -2.40. The molecule has 158 valence electrons. The number of rotatable bonds is 4. The van der Waals surface area contributed by atoms with Crippen LogP contribution < -0.4 is 10.6 Å². The molecule has 0 atom stereocenters. The molecule has 2 aliphatic heterocycles. The van der Waals surface area contributed by atoms with Gasteiger partial charge >= 0.3 is 0 Å². The Kier molecular flexibility index (Phi) is 5.54. The maximum absolute atomic E-state index is 14.3. The molecule has 0 aromatic heterocycles. The van der Waals surface area contributed by atoms with E-state index in [2.05, 4.69) is 10.6 Å². The van der Waals surface area contributed by atoms with Gasteiger partial charge in [0.25, 0.3) is 5.91 Å². The molecule has 2 heterocycles. The molecule has 8 nitrogen and oxygen atoms in total. The van der Waals surface area contributed by atoms with Crippen molar-refractivity contribution in [3.8, 4) is 0 Å². The van der Waals surface area contributed by atoms with Gasteiger partial charge in [0, 0.05) is 36.4 Å². The van der Waals surface area contributed by atoms with Crippen molar-refractivity contribution in [2.45, 2.75) is 17.7 Å². The predicted molar refractivity (Wildman–Crippen MR) is 107 cm³/mol. The van der Waals surface area contributed by atoms with Gasteiger partial charge in [0.1, 0.15) is 10.7 Å². The minimum Gasteiger partial charge on any atom is -0.379 e. The minimum atomic E-state index is -4.05. The van der Waals surface area contributed by atoms with Crippen molar-refractivity contribution in [1.82, 2.24) is 4.31 Å². The van der Waals surface area contributed by atoms with E-state index in [-0.39, 0.29) is 37.9 Å². The van der Waals surface area contributed by atoms with Gasteiger partial charge in [-0.2, -0.15) is 4.31 Å². The van der Waals surface area contributed by atoms with E-state index < -0.39 is 26.6 Å². The highest BCUT2D eigenvalue weighted by Crippen LogP contribution is 2.26. The second-order valence-electron chi connectivity index (χ2n) is 7.04. The van der Waals surface area contributed by atoms with Crippen molar-refractivity contribution in [3.63, 3.8) is 0 Å². The molecule has 2 amide bonds. The van der Waals surface area contributed by atoms with Crippen LogP contribution in [0.15, 0.2) is 41.3 Å². The largest absolute Gasteiger partial charge is 0.379 e. The van der Waals surface area contributed by atoms with Crippen LogP contribution >= 0.6 is 0 Å². The number of nitrogens with one attached hydrogen (secondary N) is 2. The van der Waals surface area contributed by atoms with Crippen LogP contribution in [0.3, 0.4) is 0 Å². The SMILES string of the molecule is O=C1CCc2cc(C(=O)Nc3ccc(F)c(S(=O)(=O)N4CCOCC4)c3)ccc2N1. The van der Waals surface area contributed by atoms with Crippen LogP contribution in [-0.4, -0.2) is 50.8 Å². The molecule has 0 saturated carbocycles. The molecule has 0 aliphatic carbocycles. The van der Waals surface area contributed by atoms with Crippen molar-refractivity contribution in [1.29, 1.82) is 0 Å². The summed E-state index contributed by atoms with van der Waals surface area (Å²) in [7, 11) is -4.05. The molecule has 1 fully saturated rings. The van der Waals surface area contributed by atoms with Crippen LogP contribution in [-0.2, 0) is 26.0 Å². The zero-order valence-corrected chi connectivity index (χ0v) is 16.8.